The van der Waals surface area contributed by atoms with Crippen molar-refractivity contribution in [2.24, 2.45) is 0 Å². The fourth-order valence-electron chi connectivity index (χ4n) is 3.87. The second-order valence-corrected chi connectivity index (χ2v) is 10.3. The van der Waals surface area contributed by atoms with Gasteiger partial charge in [0.05, 0.1) is 11.3 Å². The minimum Gasteiger partial charge on any atom is -0.358 e. The highest BCUT2D eigenvalue weighted by molar-refractivity contribution is 7.90. The average molecular weight is 476 g/mol. The molecule has 2 amide bonds. The number of rotatable bonds is 6. The number of hydrogen-bond donors (Lipinski definition) is 3. The minimum atomic E-state index is -3.41. The predicted molar refractivity (Wildman–Crippen MR) is 134 cm³/mol. The standard InChI is InChI=1S/C26H25N3O4S/c1-16-13-19(28-25(30)15-22-17(2)27-24-10-5-4-9-21(22)24)11-12-23(16)29-26(31)18-7-6-8-20(14-18)34(3,32)33/h4-14,27H,15H2,1-3H3,(H,28,30)(H,29,31). The molecular formula is C26H25N3O4S. The van der Waals surface area contributed by atoms with Gasteiger partial charge in [0.25, 0.3) is 5.91 Å². The fraction of sp³-hybridized carbons (Fsp3) is 0.154. The number of fused-ring (bicyclic) bond motifs is 1. The van der Waals surface area contributed by atoms with E-state index in [1.54, 1.807) is 24.3 Å². The van der Waals surface area contributed by atoms with Crippen LogP contribution in [0.4, 0.5) is 11.4 Å². The zero-order valence-electron chi connectivity index (χ0n) is 19.1. The van der Waals surface area contributed by atoms with E-state index in [1.807, 2.05) is 38.1 Å². The second kappa shape index (κ2) is 9.15. The van der Waals surface area contributed by atoms with Crippen LogP contribution in [-0.4, -0.2) is 31.5 Å². The van der Waals surface area contributed by atoms with Gasteiger partial charge in [-0.2, -0.15) is 0 Å². The maximum absolute atomic E-state index is 12.7. The summed E-state index contributed by atoms with van der Waals surface area (Å²) >= 11 is 0. The monoisotopic (exact) mass is 475 g/mol. The van der Waals surface area contributed by atoms with E-state index in [0.29, 0.717) is 11.4 Å². The summed E-state index contributed by atoms with van der Waals surface area (Å²) in [5.74, 6) is -0.554. The third-order valence-electron chi connectivity index (χ3n) is 5.65. The molecule has 3 N–H and O–H groups in total. The normalized spacial score (nSPS) is 11.4. The Morgan fingerprint density at radius 3 is 2.41 bits per heavy atom. The molecule has 0 aliphatic carbocycles. The highest BCUT2D eigenvalue weighted by atomic mass is 32.2. The number of para-hydroxylation sites is 1. The molecule has 0 saturated heterocycles. The van der Waals surface area contributed by atoms with Gasteiger partial charge in [-0.25, -0.2) is 8.42 Å². The number of nitrogens with one attached hydrogen (secondary N) is 3. The number of carbonyl (C=O) groups excluding carboxylic acids is 2. The van der Waals surface area contributed by atoms with Gasteiger partial charge in [0.15, 0.2) is 9.84 Å². The van der Waals surface area contributed by atoms with E-state index in [2.05, 4.69) is 15.6 Å². The molecule has 174 valence electrons. The number of H-pyrrole nitrogens is 1. The summed E-state index contributed by atoms with van der Waals surface area (Å²) < 4.78 is 23.5. The number of benzene rings is 3. The first-order valence-electron chi connectivity index (χ1n) is 10.7. The largest absolute Gasteiger partial charge is 0.358 e. The van der Waals surface area contributed by atoms with Crippen molar-refractivity contribution in [1.29, 1.82) is 0 Å². The van der Waals surface area contributed by atoms with Gasteiger partial charge in [0.2, 0.25) is 5.91 Å². The van der Waals surface area contributed by atoms with E-state index < -0.39 is 15.7 Å². The van der Waals surface area contributed by atoms with Crippen LogP contribution in [0.3, 0.4) is 0 Å². The lowest BCUT2D eigenvalue weighted by Crippen LogP contribution is -2.16. The number of hydrogen-bond acceptors (Lipinski definition) is 4. The number of anilines is 2. The lowest BCUT2D eigenvalue weighted by atomic mass is 10.1. The van der Waals surface area contributed by atoms with Gasteiger partial charge in [-0.05, 0) is 67.4 Å². The maximum Gasteiger partial charge on any atom is 0.255 e. The van der Waals surface area contributed by atoms with Crippen molar-refractivity contribution in [3.63, 3.8) is 0 Å². The summed E-state index contributed by atoms with van der Waals surface area (Å²) in [5.41, 5.74) is 5.12. The lowest BCUT2D eigenvalue weighted by Gasteiger charge is -2.12. The highest BCUT2D eigenvalue weighted by Gasteiger charge is 2.15. The molecule has 34 heavy (non-hydrogen) atoms. The van der Waals surface area contributed by atoms with E-state index >= 15 is 0 Å². The molecule has 4 aromatic rings. The molecule has 0 radical (unpaired) electrons. The summed E-state index contributed by atoms with van der Waals surface area (Å²) in [7, 11) is -3.41. The molecule has 0 bridgehead atoms. The van der Waals surface area contributed by atoms with E-state index in [4.69, 9.17) is 0 Å². The Hall–Kier alpha value is -3.91. The van der Waals surface area contributed by atoms with Crippen molar-refractivity contribution in [3.8, 4) is 0 Å². The summed E-state index contributed by atoms with van der Waals surface area (Å²) in [6.07, 6.45) is 1.34. The van der Waals surface area contributed by atoms with E-state index in [0.717, 1.165) is 34.0 Å². The summed E-state index contributed by atoms with van der Waals surface area (Å²) in [6, 6.07) is 19.0. The Kier molecular flexibility index (Phi) is 6.26. The van der Waals surface area contributed by atoms with E-state index in [-0.39, 0.29) is 22.8 Å². The smallest absolute Gasteiger partial charge is 0.255 e. The van der Waals surface area contributed by atoms with Crippen LogP contribution in [0.15, 0.2) is 71.6 Å². The molecule has 0 fully saturated rings. The SMILES string of the molecule is Cc1cc(NC(=O)Cc2c(C)[nH]c3ccccc23)ccc1NC(=O)c1cccc(S(C)(=O)=O)c1. The highest BCUT2D eigenvalue weighted by Crippen LogP contribution is 2.24. The number of carbonyl (C=O) groups is 2. The topological polar surface area (TPSA) is 108 Å². The van der Waals surface area contributed by atoms with Crippen LogP contribution in [0.5, 0.6) is 0 Å². The molecule has 7 nitrogen and oxygen atoms in total. The molecule has 0 aliphatic rings. The first-order valence-corrected chi connectivity index (χ1v) is 12.6. The van der Waals surface area contributed by atoms with Crippen LogP contribution >= 0.6 is 0 Å². The zero-order valence-corrected chi connectivity index (χ0v) is 19.9. The Bertz CT molecular complexity index is 1520. The lowest BCUT2D eigenvalue weighted by molar-refractivity contribution is -0.115. The third kappa shape index (κ3) is 5.02. The maximum atomic E-state index is 12.7. The van der Waals surface area contributed by atoms with Gasteiger partial charge in [-0.3, -0.25) is 9.59 Å². The number of aromatic amines is 1. The first kappa shape index (κ1) is 23.3. The van der Waals surface area contributed by atoms with Crippen LogP contribution in [0.25, 0.3) is 10.9 Å². The van der Waals surface area contributed by atoms with Crippen molar-refractivity contribution in [3.05, 3.63) is 89.1 Å². The van der Waals surface area contributed by atoms with Crippen molar-refractivity contribution in [2.45, 2.75) is 25.2 Å². The van der Waals surface area contributed by atoms with Gasteiger partial charge < -0.3 is 15.6 Å². The number of aryl methyl sites for hydroxylation is 2. The summed E-state index contributed by atoms with van der Waals surface area (Å²) in [5, 5.41) is 6.75. The van der Waals surface area contributed by atoms with Gasteiger partial charge in [-0.15, -0.1) is 0 Å². The molecule has 8 heteroatoms. The molecule has 0 spiro atoms. The third-order valence-corrected chi connectivity index (χ3v) is 6.76. The van der Waals surface area contributed by atoms with Crippen LogP contribution in [-0.2, 0) is 21.1 Å². The van der Waals surface area contributed by atoms with Gasteiger partial charge in [0, 0.05) is 39.8 Å². The molecule has 3 aromatic carbocycles. The molecule has 1 aromatic heterocycles. The Morgan fingerprint density at radius 1 is 0.912 bits per heavy atom. The molecular weight excluding hydrogens is 450 g/mol. The molecule has 0 unspecified atom stereocenters. The zero-order chi connectivity index (χ0) is 24.5. The molecule has 0 aliphatic heterocycles. The molecule has 0 atom stereocenters. The Morgan fingerprint density at radius 2 is 1.68 bits per heavy atom. The van der Waals surface area contributed by atoms with Crippen LogP contribution in [0.1, 0.15) is 27.2 Å². The Balaban J connectivity index is 1.45. The number of amides is 2. The molecule has 1 heterocycles. The van der Waals surface area contributed by atoms with Crippen molar-refractivity contribution in [1.82, 2.24) is 4.98 Å². The van der Waals surface area contributed by atoms with E-state index in [1.165, 1.54) is 18.2 Å². The predicted octanol–water partition coefficient (Wildman–Crippen LogP) is 4.62. The summed E-state index contributed by atoms with van der Waals surface area (Å²) in [6.45, 7) is 3.78. The molecule has 4 rings (SSSR count). The average Bonchev–Trinajstić information content (AvgIpc) is 3.10. The second-order valence-electron chi connectivity index (χ2n) is 8.28. The first-order chi connectivity index (χ1) is 16.1. The van der Waals surface area contributed by atoms with Crippen molar-refractivity contribution >= 4 is 43.9 Å². The minimum absolute atomic E-state index is 0.0837. The van der Waals surface area contributed by atoms with Crippen LogP contribution < -0.4 is 10.6 Å². The summed E-state index contributed by atoms with van der Waals surface area (Å²) in [4.78, 5) is 28.7. The quantitative estimate of drug-likeness (QED) is 0.378. The van der Waals surface area contributed by atoms with Crippen LogP contribution in [0, 0.1) is 13.8 Å². The van der Waals surface area contributed by atoms with Crippen LogP contribution in [0.2, 0.25) is 0 Å². The number of aromatic nitrogens is 1. The van der Waals surface area contributed by atoms with Gasteiger partial charge in [0.1, 0.15) is 0 Å². The van der Waals surface area contributed by atoms with E-state index in [9.17, 15) is 18.0 Å². The van der Waals surface area contributed by atoms with Crippen molar-refractivity contribution in [2.75, 3.05) is 16.9 Å². The number of sulfone groups is 1. The molecule has 0 saturated carbocycles. The Labute approximate surface area is 198 Å². The van der Waals surface area contributed by atoms with Crippen molar-refractivity contribution < 1.29 is 18.0 Å². The van der Waals surface area contributed by atoms with Gasteiger partial charge >= 0.3 is 0 Å². The van der Waals surface area contributed by atoms with Gasteiger partial charge in [-0.1, -0.05) is 24.3 Å². The fourth-order valence-corrected chi connectivity index (χ4v) is 4.54.